The van der Waals surface area contributed by atoms with Gasteiger partial charge in [-0.1, -0.05) is 32.9 Å². The monoisotopic (exact) mass is 294 g/mol. The number of hydrogen-bond acceptors (Lipinski definition) is 3. The van der Waals surface area contributed by atoms with Gasteiger partial charge in [0.15, 0.2) is 0 Å². The van der Waals surface area contributed by atoms with E-state index >= 15 is 0 Å². The van der Waals surface area contributed by atoms with Crippen LogP contribution < -0.4 is 5.32 Å². The van der Waals surface area contributed by atoms with Crippen molar-refractivity contribution in [1.29, 1.82) is 0 Å². The van der Waals surface area contributed by atoms with Crippen LogP contribution in [0.5, 0.6) is 0 Å². The molecule has 0 aliphatic carbocycles. The maximum atomic E-state index is 12.2. The normalized spacial score (nSPS) is 10.9. The Morgan fingerprint density at radius 2 is 2.15 bits per heavy atom. The molecule has 0 aliphatic rings. The Kier molecular flexibility index (Phi) is 5.95. The standard InChI is InChI=1S/C15H22N2O2S/c1-5-8-17(11-12-7-6-9-20-12)13(18)10-16-14(19)15(2,3)4/h5-7,9H,1,8,10-11H2,2-4H3,(H,16,19). The number of nitrogens with zero attached hydrogens (tertiary/aromatic N) is 1. The Morgan fingerprint density at radius 1 is 1.45 bits per heavy atom. The van der Waals surface area contributed by atoms with Crippen molar-refractivity contribution in [2.24, 2.45) is 5.41 Å². The second-order valence-electron chi connectivity index (χ2n) is 5.57. The lowest BCUT2D eigenvalue weighted by Gasteiger charge is -2.22. The molecule has 1 aromatic rings. The highest BCUT2D eigenvalue weighted by Crippen LogP contribution is 2.13. The van der Waals surface area contributed by atoms with Crippen LogP contribution in [-0.2, 0) is 16.1 Å². The molecule has 0 unspecified atom stereocenters. The summed E-state index contributed by atoms with van der Waals surface area (Å²) in [5.41, 5.74) is -0.489. The molecule has 0 aromatic carbocycles. The molecule has 0 fully saturated rings. The number of rotatable bonds is 6. The van der Waals surface area contributed by atoms with E-state index in [9.17, 15) is 9.59 Å². The van der Waals surface area contributed by atoms with Crippen molar-refractivity contribution < 1.29 is 9.59 Å². The van der Waals surface area contributed by atoms with Gasteiger partial charge >= 0.3 is 0 Å². The second-order valence-corrected chi connectivity index (χ2v) is 6.61. The lowest BCUT2D eigenvalue weighted by atomic mass is 9.96. The third-order valence-corrected chi connectivity index (χ3v) is 3.57. The van der Waals surface area contributed by atoms with Gasteiger partial charge in [0.1, 0.15) is 0 Å². The molecule has 1 N–H and O–H groups in total. The van der Waals surface area contributed by atoms with Crippen LogP contribution in [0.25, 0.3) is 0 Å². The van der Waals surface area contributed by atoms with Crippen molar-refractivity contribution in [3.8, 4) is 0 Å². The highest BCUT2D eigenvalue weighted by molar-refractivity contribution is 7.09. The highest BCUT2D eigenvalue weighted by Gasteiger charge is 2.22. The summed E-state index contributed by atoms with van der Waals surface area (Å²) >= 11 is 1.61. The predicted octanol–water partition coefficient (Wildman–Crippen LogP) is 2.43. The number of carbonyl (C=O) groups excluding carboxylic acids is 2. The lowest BCUT2D eigenvalue weighted by molar-refractivity contribution is -0.135. The fraction of sp³-hybridized carbons (Fsp3) is 0.467. The SMILES string of the molecule is C=CCN(Cc1cccs1)C(=O)CNC(=O)C(C)(C)C. The molecule has 5 heteroatoms. The first-order chi connectivity index (χ1) is 9.34. The third kappa shape index (κ3) is 5.17. The van der Waals surface area contributed by atoms with E-state index in [-0.39, 0.29) is 18.4 Å². The summed E-state index contributed by atoms with van der Waals surface area (Å²) in [6.07, 6.45) is 1.69. The van der Waals surface area contributed by atoms with E-state index in [0.717, 1.165) is 4.88 Å². The van der Waals surface area contributed by atoms with Crippen LogP contribution in [-0.4, -0.2) is 29.8 Å². The lowest BCUT2D eigenvalue weighted by Crippen LogP contribution is -2.43. The molecule has 0 atom stereocenters. The molecule has 0 radical (unpaired) electrons. The van der Waals surface area contributed by atoms with Crippen LogP contribution in [0.3, 0.4) is 0 Å². The van der Waals surface area contributed by atoms with E-state index in [2.05, 4.69) is 11.9 Å². The molecule has 110 valence electrons. The molecule has 0 saturated carbocycles. The fourth-order valence-electron chi connectivity index (χ4n) is 1.53. The van der Waals surface area contributed by atoms with Crippen LogP contribution in [0.15, 0.2) is 30.2 Å². The smallest absolute Gasteiger partial charge is 0.242 e. The van der Waals surface area contributed by atoms with E-state index in [1.165, 1.54) is 0 Å². The third-order valence-electron chi connectivity index (χ3n) is 2.71. The largest absolute Gasteiger partial charge is 0.347 e. The fourth-order valence-corrected chi connectivity index (χ4v) is 2.25. The zero-order chi connectivity index (χ0) is 15.2. The molecule has 1 aromatic heterocycles. The van der Waals surface area contributed by atoms with Crippen LogP contribution >= 0.6 is 11.3 Å². The van der Waals surface area contributed by atoms with Gasteiger partial charge in [0, 0.05) is 16.8 Å². The van der Waals surface area contributed by atoms with Crippen LogP contribution in [0.2, 0.25) is 0 Å². The van der Waals surface area contributed by atoms with E-state index in [1.807, 2.05) is 38.3 Å². The quantitative estimate of drug-likeness (QED) is 0.819. The summed E-state index contributed by atoms with van der Waals surface area (Å²) in [6, 6.07) is 3.94. The minimum absolute atomic E-state index is 0.0231. The number of hydrogen-bond donors (Lipinski definition) is 1. The van der Waals surface area contributed by atoms with E-state index in [1.54, 1.807) is 22.3 Å². The van der Waals surface area contributed by atoms with Crippen molar-refractivity contribution in [1.82, 2.24) is 10.2 Å². The number of thiophene rings is 1. The van der Waals surface area contributed by atoms with E-state index in [0.29, 0.717) is 13.1 Å². The second kappa shape index (κ2) is 7.24. The van der Waals surface area contributed by atoms with Crippen molar-refractivity contribution in [2.45, 2.75) is 27.3 Å². The summed E-state index contributed by atoms with van der Waals surface area (Å²) in [5, 5.41) is 4.66. The van der Waals surface area contributed by atoms with E-state index in [4.69, 9.17) is 0 Å². The van der Waals surface area contributed by atoms with Crippen LogP contribution in [0.1, 0.15) is 25.6 Å². The van der Waals surface area contributed by atoms with Crippen molar-refractivity contribution in [3.63, 3.8) is 0 Å². The summed E-state index contributed by atoms with van der Waals surface area (Å²) in [4.78, 5) is 26.7. The topological polar surface area (TPSA) is 49.4 Å². The minimum Gasteiger partial charge on any atom is -0.347 e. The van der Waals surface area contributed by atoms with Gasteiger partial charge in [-0.2, -0.15) is 0 Å². The van der Waals surface area contributed by atoms with Crippen molar-refractivity contribution in [3.05, 3.63) is 35.0 Å². The summed E-state index contributed by atoms with van der Waals surface area (Å²) in [7, 11) is 0. The number of nitrogens with one attached hydrogen (secondary N) is 1. The van der Waals surface area contributed by atoms with Crippen molar-refractivity contribution >= 4 is 23.2 Å². The van der Waals surface area contributed by atoms with Gasteiger partial charge in [-0.15, -0.1) is 17.9 Å². The minimum atomic E-state index is -0.489. The molecule has 0 bridgehead atoms. The van der Waals surface area contributed by atoms with Gasteiger partial charge in [0.05, 0.1) is 13.1 Å². The number of amides is 2. The average molecular weight is 294 g/mol. The van der Waals surface area contributed by atoms with E-state index < -0.39 is 5.41 Å². The molecule has 20 heavy (non-hydrogen) atoms. The maximum Gasteiger partial charge on any atom is 0.242 e. The molecular formula is C15H22N2O2S. The predicted molar refractivity (Wildman–Crippen MR) is 82.4 cm³/mol. The van der Waals surface area contributed by atoms with Gasteiger partial charge in [0.25, 0.3) is 0 Å². The summed E-state index contributed by atoms with van der Waals surface area (Å²) in [6.45, 7) is 10.2. The zero-order valence-corrected chi connectivity index (χ0v) is 13.1. The van der Waals surface area contributed by atoms with Crippen LogP contribution in [0, 0.1) is 5.41 Å². The van der Waals surface area contributed by atoms with Crippen molar-refractivity contribution in [2.75, 3.05) is 13.1 Å². The Hall–Kier alpha value is -1.62. The Bertz CT molecular complexity index is 461. The molecule has 2 amide bonds. The Labute approximate surface area is 124 Å². The molecule has 0 aliphatic heterocycles. The molecule has 4 nitrogen and oxygen atoms in total. The molecule has 1 heterocycles. The van der Waals surface area contributed by atoms with Gasteiger partial charge in [-0.05, 0) is 11.4 Å². The number of carbonyl (C=O) groups is 2. The first-order valence-electron chi connectivity index (χ1n) is 6.54. The first-order valence-corrected chi connectivity index (χ1v) is 7.42. The highest BCUT2D eigenvalue weighted by atomic mass is 32.1. The Morgan fingerprint density at radius 3 is 2.65 bits per heavy atom. The average Bonchev–Trinajstić information content (AvgIpc) is 2.86. The van der Waals surface area contributed by atoms with Crippen LogP contribution in [0.4, 0.5) is 0 Å². The molecule has 1 rings (SSSR count). The van der Waals surface area contributed by atoms with Gasteiger partial charge in [-0.3, -0.25) is 9.59 Å². The Balaban J connectivity index is 2.56. The molecule has 0 saturated heterocycles. The van der Waals surface area contributed by atoms with Gasteiger partial charge < -0.3 is 10.2 Å². The van der Waals surface area contributed by atoms with Gasteiger partial charge in [-0.25, -0.2) is 0 Å². The molecule has 0 spiro atoms. The summed E-state index contributed by atoms with van der Waals surface area (Å²) in [5.74, 6) is -0.226. The zero-order valence-electron chi connectivity index (χ0n) is 12.3. The molecular weight excluding hydrogens is 272 g/mol. The maximum absolute atomic E-state index is 12.2. The first kappa shape index (κ1) is 16.4. The van der Waals surface area contributed by atoms with Gasteiger partial charge in [0.2, 0.25) is 11.8 Å². The summed E-state index contributed by atoms with van der Waals surface area (Å²) < 4.78 is 0.